The number of hydrogen-bond acceptors (Lipinski definition) is 4. The molecule has 6 heteroatoms. The fraction of sp³-hybridized carbons (Fsp3) is 0.364. The van der Waals surface area contributed by atoms with Gasteiger partial charge in [-0.3, -0.25) is 14.6 Å². The molecule has 0 radical (unpaired) electrons. The molecule has 0 aliphatic heterocycles. The highest BCUT2D eigenvalue weighted by Crippen LogP contribution is 2.17. The van der Waals surface area contributed by atoms with Crippen LogP contribution >= 0.6 is 11.6 Å². The number of nitrogens with one attached hydrogen (secondary N) is 1. The lowest BCUT2D eigenvalue weighted by atomic mass is 10.2. The van der Waals surface area contributed by atoms with Gasteiger partial charge in [0.25, 0.3) is 5.91 Å². The van der Waals surface area contributed by atoms with Crippen LogP contribution in [0.5, 0.6) is 0 Å². The van der Waals surface area contributed by atoms with Crippen molar-refractivity contribution >= 4 is 23.5 Å². The first-order valence-electron chi connectivity index (χ1n) is 5.02. The summed E-state index contributed by atoms with van der Waals surface area (Å²) in [5, 5.41) is 2.92. The SMILES string of the molecule is COC(=O)CCNC(=O)c1c(Cl)ccnc1C. The first-order valence-corrected chi connectivity index (χ1v) is 5.40. The van der Waals surface area contributed by atoms with Gasteiger partial charge in [0.1, 0.15) is 0 Å². The number of methoxy groups -OCH3 is 1. The Morgan fingerprint density at radius 1 is 1.53 bits per heavy atom. The number of carbonyl (C=O) groups excluding carboxylic acids is 2. The molecule has 92 valence electrons. The average Bonchev–Trinajstić information content (AvgIpc) is 2.28. The first-order chi connectivity index (χ1) is 8.06. The van der Waals surface area contributed by atoms with Crippen LogP contribution < -0.4 is 5.32 Å². The van der Waals surface area contributed by atoms with Gasteiger partial charge in [-0.1, -0.05) is 11.6 Å². The highest BCUT2D eigenvalue weighted by molar-refractivity contribution is 6.33. The number of aromatic nitrogens is 1. The molecule has 5 nitrogen and oxygen atoms in total. The predicted octanol–water partition coefficient (Wildman–Crippen LogP) is 1.34. The minimum absolute atomic E-state index is 0.124. The van der Waals surface area contributed by atoms with E-state index < -0.39 is 0 Å². The Morgan fingerprint density at radius 3 is 2.82 bits per heavy atom. The van der Waals surface area contributed by atoms with Crippen molar-refractivity contribution in [2.45, 2.75) is 13.3 Å². The smallest absolute Gasteiger partial charge is 0.307 e. The van der Waals surface area contributed by atoms with Crippen molar-refractivity contribution in [3.63, 3.8) is 0 Å². The van der Waals surface area contributed by atoms with E-state index >= 15 is 0 Å². The van der Waals surface area contributed by atoms with Crippen molar-refractivity contribution in [1.82, 2.24) is 10.3 Å². The first kappa shape index (κ1) is 13.4. The van der Waals surface area contributed by atoms with Crippen molar-refractivity contribution in [2.75, 3.05) is 13.7 Å². The van der Waals surface area contributed by atoms with Crippen LogP contribution in [0.1, 0.15) is 22.5 Å². The molecule has 0 atom stereocenters. The summed E-state index contributed by atoms with van der Waals surface area (Å²) in [6, 6.07) is 1.55. The van der Waals surface area contributed by atoms with Crippen molar-refractivity contribution in [1.29, 1.82) is 0 Å². The summed E-state index contributed by atoms with van der Waals surface area (Å²) < 4.78 is 4.46. The molecule has 1 rings (SSSR count). The standard InChI is InChI=1S/C11H13ClN2O3/c1-7-10(8(12)3-5-13-7)11(16)14-6-4-9(15)17-2/h3,5H,4,6H2,1-2H3,(H,14,16). The molecular weight excluding hydrogens is 244 g/mol. The zero-order valence-electron chi connectivity index (χ0n) is 9.62. The lowest BCUT2D eigenvalue weighted by Crippen LogP contribution is -2.27. The van der Waals surface area contributed by atoms with Crippen LogP contribution in [0, 0.1) is 6.92 Å². The zero-order chi connectivity index (χ0) is 12.8. The molecule has 1 aromatic rings. The van der Waals surface area contributed by atoms with Crippen molar-refractivity contribution in [3.05, 3.63) is 28.5 Å². The topological polar surface area (TPSA) is 68.3 Å². The highest BCUT2D eigenvalue weighted by Gasteiger charge is 2.13. The quantitative estimate of drug-likeness (QED) is 0.826. The summed E-state index contributed by atoms with van der Waals surface area (Å²) in [5.74, 6) is -0.719. The molecule has 1 N–H and O–H groups in total. The van der Waals surface area contributed by atoms with E-state index in [1.165, 1.54) is 13.3 Å². The monoisotopic (exact) mass is 256 g/mol. The van der Waals surface area contributed by atoms with Crippen LogP contribution in [0.2, 0.25) is 5.02 Å². The minimum atomic E-state index is -0.376. The number of halogens is 1. The van der Waals surface area contributed by atoms with E-state index in [1.807, 2.05) is 0 Å². The number of rotatable bonds is 4. The minimum Gasteiger partial charge on any atom is -0.469 e. The van der Waals surface area contributed by atoms with E-state index in [-0.39, 0.29) is 24.8 Å². The van der Waals surface area contributed by atoms with Crippen LogP contribution in [-0.2, 0) is 9.53 Å². The number of carbonyl (C=O) groups is 2. The molecule has 0 fully saturated rings. The Kier molecular flexibility index (Phi) is 4.90. The zero-order valence-corrected chi connectivity index (χ0v) is 10.4. The lowest BCUT2D eigenvalue weighted by molar-refractivity contribution is -0.140. The van der Waals surface area contributed by atoms with Crippen LogP contribution in [-0.4, -0.2) is 30.5 Å². The van der Waals surface area contributed by atoms with Gasteiger partial charge in [0, 0.05) is 12.7 Å². The number of pyridine rings is 1. The molecule has 17 heavy (non-hydrogen) atoms. The number of nitrogens with zero attached hydrogens (tertiary/aromatic N) is 1. The van der Waals surface area contributed by atoms with Crippen LogP contribution in [0.4, 0.5) is 0 Å². The maximum absolute atomic E-state index is 11.8. The van der Waals surface area contributed by atoms with Crippen LogP contribution in [0.15, 0.2) is 12.3 Å². The molecule has 0 bridgehead atoms. The summed E-state index contributed by atoms with van der Waals surface area (Å²) in [6.45, 7) is 1.90. The Balaban J connectivity index is 2.61. The molecule has 1 heterocycles. The van der Waals surface area contributed by atoms with E-state index in [0.717, 1.165) is 0 Å². The van der Waals surface area contributed by atoms with Crippen molar-refractivity contribution < 1.29 is 14.3 Å². The molecule has 0 aliphatic rings. The second-order valence-corrected chi connectivity index (χ2v) is 3.74. The molecule has 0 saturated heterocycles. The Morgan fingerprint density at radius 2 is 2.24 bits per heavy atom. The molecule has 0 spiro atoms. The fourth-order valence-corrected chi connectivity index (χ4v) is 1.56. The van der Waals surface area contributed by atoms with Crippen LogP contribution in [0.3, 0.4) is 0 Å². The lowest BCUT2D eigenvalue weighted by Gasteiger charge is -2.07. The Hall–Kier alpha value is -1.62. The van der Waals surface area contributed by atoms with Crippen molar-refractivity contribution in [3.8, 4) is 0 Å². The molecule has 1 aromatic heterocycles. The van der Waals surface area contributed by atoms with E-state index in [9.17, 15) is 9.59 Å². The predicted molar refractivity (Wildman–Crippen MR) is 63.0 cm³/mol. The second kappa shape index (κ2) is 6.20. The third-order valence-electron chi connectivity index (χ3n) is 2.16. The van der Waals surface area contributed by atoms with E-state index in [1.54, 1.807) is 13.0 Å². The summed E-state index contributed by atoms with van der Waals surface area (Å²) in [4.78, 5) is 26.6. The average molecular weight is 257 g/mol. The number of hydrogen-bond donors (Lipinski definition) is 1. The summed E-state index contributed by atoms with van der Waals surface area (Å²) in [7, 11) is 1.30. The summed E-state index contributed by atoms with van der Waals surface area (Å²) >= 11 is 5.90. The van der Waals surface area contributed by atoms with Gasteiger partial charge in [0.05, 0.1) is 29.8 Å². The van der Waals surface area contributed by atoms with Crippen LogP contribution in [0.25, 0.3) is 0 Å². The molecule has 0 aliphatic carbocycles. The van der Waals surface area contributed by atoms with Gasteiger partial charge >= 0.3 is 5.97 Å². The fourth-order valence-electron chi connectivity index (χ4n) is 1.28. The number of amides is 1. The largest absolute Gasteiger partial charge is 0.469 e. The van der Waals surface area contributed by atoms with Gasteiger partial charge in [0.15, 0.2) is 0 Å². The Bertz CT molecular complexity index is 414. The van der Waals surface area contributed by atoms with Gasteiger partial charge < -0.3 is 10.1 Å². The van der Waals surface area contributed by atoms with Gasteiger partial charge in [-0.15, -0.1) is 0 Å². The molecule has 0 unspecified atom stereocenters. The second-order valence-electron chi connectivity index (χ2n) is 3.34. The van der Waals surface area contributed by atoms with E-state index in [2.05, 4.69) is 15.0 Å². The maximum Gasteiger partial charge on any atom is 0.307 e. The van der Waals surface area contributed by atoms with Gasteiger partial charge in [-0.05, 0) is 13.0 Å². The van der Waals surface area contributed by atoms with Crippen molar-refractivity contribution in [2.24, 2.45) is 0 Å². The third kappa shape index (κ3) is 3.71. The summed E-state index contributed by atoms with van der Waals surface area (Å²) in [6.07, 6.45) is 1.65. The molecule has 0 aromatic carbocycles. The summed E-state index contributed by atoms with van der Waals surface area (Å²) in [5.41, 5.74) is 0.882. The maximum atomic E-state index is 11.8. The normalized spacial score (nSPS) is 9.82. The third-order valence-corrected chi connectivity index (χ3v) is 2.47. The molecule has 0 saturated carbocycles. The van der Waals surface area contributed by atoms with E-state index in [0.29, 0.717) is 16.3 Å². The molecular formula is C11H13ClN2O3. The highest BCUT2D eigenvalue weighted by atomic mass is 35.5. The number of esters is 1. The molecule has 1 amide bonds. The van der Waals surface area contributed by atoms with E-state index in [4.69, 9.17) is 11.6 Å². The number of ether oxygens (including phenoxy) is 1. The number of aryl methyl sites for hydroxylation is 1. The Labute approximate surface area is 104 Å². The van der Waals surface area contributed by atoms with Gasteiger partial charge in [-0.25, -0.2) is 0 Å². The van der Waals surface area contributed by atoms with Gasteiger partial charge in [-0.2, -0.15) is 0 Å². The van der Waals surface area contributed by atoms with Gasteiger partial charge in [0.2, 0.25) is 0 Å².